The highest BCUT2D eigenvalue weighted by Gasteiger charge is 2.09. The van der Waals surface area contributed by atoms with Gasteiger partial charge >= 0.3 is 0 Å². The van der Waals surface area contributed by atoms with Crippen LogP contribution in [0.3, 0.4) is 0 Å². The predicted octanol–water partition coefficient (Wildman–Crippen LogP) is 1.18. The zero-order valence-corrected chi connectivity index (χ0v) is 8.04. The zero-order valence-electron chi connectivity index (χ0n) is 8.04. The third-order valence-electron chi connectivity index (χ3n) is 1.68. The summed E-state index contributed by atoms with van der Waals surface area (Å²) in [4.78, 5) is 4.07. The van der Waals surface area contributed by atoms with E-state index < -0.39 is 6.29 Å². The molecule has 1 aromatic rings. The molecule has 0 aliphatic rings. The first-order valence-corrected chi connectivity index (χ1v) is 4.00. The Kier molecular flexibility index (Phi) is 4.03. The van der Waals surface area contributed by atoms with Gasteiger partial charge in [0.1, 0.15) is 0 Å². The van der Waals surface area contributed by atoms with E-state index >= 15 is 0 Å². The highest BCUT2D eigenvalue weighted by molar-refractivity contribution is 5.78. The molecule has 0 saturated carbocycles. The molecule has 0 aliphatic heterocycles. The van der Waals surface area contributed by atoms with Crippen LogP contribution in [0.2, 0.25) is 0 Å². The Morgan fingerprint density at radius 2 is 2.21 bits per heavy atom. The number of methoxy groups -OCH3 is 2. The van der Waals surface area contributed by atoms with E-state index in [-0.39, 0.29) is 0 Å². The van der Waals surface area contributed by atoms with Crippen LogP contribution in [0.5, 0.6) is 0 Å². The number of ether oxygens (including phenoxy) is 2. The van der Waals surface area contributed by atoms with Crippen LogP contribution in [0, 0.1) is 0 Å². The molecule has 0 saturated heterocycles. The van der Waals surface area contributed by atoms with Crippen LogP contribution in [-0.2, 0) is 9.47 Å². The fraction of sp³-hybridized carbons (Fsp3) is 0.333. The maximum atomic E-state index is 8.35. The minimum absolute atomic E-state index is 0.498. The van der Waals surface area contributed by atoms with Crippen LogP contribution in [-0.4, -0.2) is 30.6 Å². The van der Waals surface area contributed by atoms with Gasteiger partial charge in [0.05, 0.1) is 11.9 Å². The number of hydrogen-bond donors (Lipinski definition) is 1. The molecule has 0 aromatic carbocycles. The van der Waals surface area contributed by atoms with Gasteiger partial charge in [-0.25, -0.2) is 0 Å². The highest BCUT2D eigenvalue weighted by Crippen LogP contribution is 2.14. The van der Waals surface area contributed by atoms with Crippen molar-refractivity contribution in [3.8, 4) is 0 Å². The van der Waals surface area contributed by atoms with Gasteiger partial charge in [-0.05, 0) is 17.7 Å². The molecule has 5 heteroatoms. The molecular weight excluding hydrogens is 184 g/mol. The molecule has 0 amide bonds. The summed E-state index contributed by atoms with van der Waals surface area (Å²) >= 11 is 0. The van der Waals surface area contributed by atoms with Crippen LogP contribution >= 0.6 is 0 Å². The number of aromatic nitrogens is 1. The van der Waals surface area contributed by atoms with E-state index in [4.69, 9.17) is 14.7 Å². The standard InChI is InChI=1S/C9H12N2O3/c1-13-9(14-2)8-5-7(6-11-12)3-4-10-8/h3-6,9,12H,1-2H3/b11-6-. The van der Waals surface area contributed by atoms with Gasteiger partial charge in [0.15, 0.2) is 0 Å². The maximum Gasteiger partial charge on any atom is 0.200 e. The molecule has 1 N–H and O–H groups in total. The normalized spacial score (nSPS) is 11.4. The van der Waals surface area contributed by atoms with E-state index in [1.165, 1.54) is 20.4 Å². The smallest absolute Gasteiger partial charge is 0.200 e. The Morgan fingerprint density at radius 1 is 1.50 bits per heavy atom. The summed E-state index contributed by atoms with van der Waals surface area (Å²) in [6.45, 7) is 0. The second-order valence-corrected chi connectivity index (χ2v) is 2.56. The third-order valence-corrected chi connectivity index (χ3v) is 1.68. The first-order valence-electron chi connectivity index (χ1n) is 4.00. The zero-order chi connectivity index (χ0) is 10.4. The molecule has 1 aromatic heterocycles. The van der Waals surface area contributed by atoms with Crippen LogP contribution in [0.25, 0.3) is 0 Å². The molecule has 0 fully saturated rings. The molecule has 1 heterocycles. The van der Waals surface area contributed by atoms with E-state index in [2.05, 4.69) is 10.1 Å². The molecule has 5 nitrogen and oxygen atoms in total. The molecule has 0 bridgehead atoms. The van der Waals surface area contributed by atoms with E-state index in [1.807, 2.05) is 0 Å². The van der Waals surface area contributed by atoms with Gasteiger partial charge in [-0.1, -0.05) is 5.16 Å². The van der Waals surface area contributed by atoms with Gasteiger partial charge in [-0.3, -0.25) is 4.98 Å². The second-order valence-electron chi connectivity index (χ2n) is 2.56. The molecule has 1 rings (SSSR count). The molecule has 76 valence electrons. The average Bonchev–Trinajstić information content (AvgIpc) is 2.21. The summed E-state index contributed by atoms with van der Waals surface area (Å²) in [5.41, 5.74) is 1.36. The fourth-order valence-electron chi connectivity index (χ4n) is 1.08. The lowest BCUT2D eigenvalue weighted by atomic mass is 10.2. The number of oxime groups is 1. The first kappa shape index (κ1) is 10.6. The summed E-state index contributed by atoms with van der Waals surface area (Å²) in [5, 5.41) is 11.3. The van der Waals surface area contributed by atoms with E-state index in [0.717, 1.165) is 5.56 Å². The van der Waals surface area contributed by atoms with Gasteiger partial charge in [-0.15, -0.1) is 0 Å². The molecule has 0 unspecified atom stereocenters. The lowest BCUT2D eigenvalue weighted by Gasteiger charge is -2.12. The summed E-state index contributed by atoms with van der Waals surface area (Å²) in [6.07, 6.45) is 2.41. The van der Waals surface area contributed by atoms with Crippen molar-refractivity contribution >= 4 is 6.21 Å². The average molecular weight is 196 g/mol. The van der Waals surface area contributed by atoms with Crippen molar-refractivity contribution in [1.29, 1.82) is 0 Å². The van der Waals surface area contributed by atoms with Crippen molar-refractivity contribution in [1.82, 2.24) is 4.98 Å². The fourth-order valence-corrected chi connectivity index (χ4v) is 1.08. The first-order chi connectivity index (χ1) is 6.81. The predicted molar refractivity (Wildman–Crippen MR) is 50.4 cm³/mol. The Morgan fingerprint density at radius 3 is 2.79 bits per heavy atom. The van der Waals surface area contributed by atoms with Gasteiger partial charge in [0.2, 0.25) is 6.29 Å². The quantitative estimate of drug-likeness (QED) is 0.340. The second kappa shape index (κ2) is 5.31. The van der Waals surface area contributed by atoms with Crippen molar-refractivity contribution in [2.24, 2.45) is 5.16 Å². The van der Waals surface area contributed by atoms with Gasteiger partial charge in [-0.2, -0.15) is 0 Å². The molecule has 0 atom stereocenters. The third kappa shape index (κ3) is 2.51. The Bertz CT molecular complexity index is 311. The number of nitrogens with zero attached hydrogens (tertiary/aromatic N) is 2. The van der Waals surface area contributed by atoms with Crippen LogP contribution in [0.1, 0.15) is 17.5 Å². The molecule has 14 heavy (non-hydrogen) atoms. The van der Waals surface area contributed by atoms with Crippen molar-refractivity contribution in [3.63, 3.8) is 0 Å². The molecule has 0 radical (unpaired) electrons. The number of rotatable bonds is 4. The molecular formula is C9H12N2O3. The Balaban J connectivity index is 2.92. The van der Waals surface area contributed by atoms with Crippen LogP contribution < -0.4 is 0 Å². The van der Waals surface area contributed by atoms with Crippen molar-refractivity contribution in [2.75, 3.05) is 14.2 Å². The van der Waals surface area contributed by atoms with Gasteiger partial charge in [0.25, 0.3) is 0 Å². The molecule has 0 spiro atoms. The minimum atomic E-state index is -0.498. The van der Waals surface area contributed by atoms with Crippen LogP contribution in [0.4, 0.5) is 0 Å². The lowest BCUT2D eigenvalue weighted by Crippen LogP contribution is -2.06. The maximum absolute atomic E-state index is 8.35. The topological polar surface area (TPSA) is 63.9 Å². The van der Waals surface area contributed by atoms with E-state index in [9.17, 15) is 0 Å². The molecule has 0 aliphatic carbocycles. The van der Waals surface area contributed by atoms with Crippen molar-refractivity contribution in [2.45, 2.75) is 6.29 Å². The van der Waals surface area contributed by atoms with E-state index in [1.54, 1.807) is 18.3 Å². The minimum Gasteiger partial charge on any atom is -0.411 e. The SMILES string of the molecule is COC(OC)c1cc(/C=N\O)ccn1. The van der Waals surface area contributed by atoms with Gasteiger partial charge < -0.3 is 14.7 Å². The monoisotopic (exact) mass is 196 g/mol. The summed E-state index contributed by atoms with van der Waals surface area (Å²) in [5.74, 6) is 0. The van der Waals surface area contributed by atoms with Gasteiger partial charge in [0, 0.05) is 20.4 Å². The summed E-state index contributed by atoms with van der Waals surface area (Å²) < 4.78 is 10.1. The summed E-state index contributed by atoms with van der Waals surface area (Å²) in [7, 11) is 3.06. The van der Waals surface area contributed by atoms with Crippen molar-refractivity contribution in [3.05, 3.63) is 29.6 Å². The number of pyridine rings is 1. The Labute approximate surface area is 82.0 Å². The summed E-state index contributed by atoms with van der Waals surface area (Å²) in [6, 6.07) is 3.43. The highest BCUT2D eigenvalue weighted by atomic mass is 16.7. The Hall–Kier alpha value is -1.46. The number of hydrogen-bond acceptors (Lipinski definition) is 5. The largest absolute Gasteiger partial charge is 0.411 e. The lowest BCUT2D eigenvalue weighted by molar-refractivity contribution is -0.108. The van der Waals surface area contributed by atoms with Crippen LogP contribution in [0.15, 0.2) is 23.5 Å². The van der Waals surface area contributed by atoms with Crippen molar-refractivity contribution < 1.29 is 14.7 Å². The van der Waals surface area contributed by atoms with E-state index in [0.29, 0.717) is 5.69 Å².